The molecule has 0 saturated carbocycles. The van der Waals surface area contributed by atoms with Gasteiger partial charge in [-0.15, -0.1) is 10.2 Å². The fourth-order valence-electron chi connectivity index (χ4n) is 1.13. The van der Waals surface area contributed by atoms with Gasteiger partial charge in [-0.05, 0) is 12.8 Å². The number of aromatic nitrogens is 2. The summed E-state index contributed by atoms with van der Waals surface area (Å²) >= 11 is 1.57. The first-order chi connectivity index (χ1) is 9.80. The minimum absolute atomic E-state index is 0.103. The van der Waals surface area contributed by atoms with E-state index in [1.807, 2.05) is 0 Å². The first-order valence-electron chi connectivity index (χ1n) is 5.35. The molecular weight excluding hydrogens is 366 g/mol. The topological polar surface area (TPSA) is 148 Å². The van der Waals surface area contributed by atoms with Gasteiger partial charge in [-0.3, -0.25) is 0 Å². The molecule has 0 fully saturated rings. The van der Waals surface area contributed by atoms with Crippen LogP contribution in [0.2, 0.25) is 0 Å². The van der Waals surface area contributed by atoms with Gasteiger partial charge in [0.1, 0.15) is 12.0 Å². The summed E-state index contributed by atoms with van der Waals surface area (Å²) in [5.41, 5.74) is 0. The Morgan fingerprint density at radius 1 is 1.19 bits per heavy atom. The maximum Gasteiger partial charge on any atom is 0.283 e. The summed E-state index contributed by atoms with van der Waals surface area (Å²) < 4.78 is 54.2. The van der Waals surface area contributed by atoms with Crippen molar-refractivity contribution in [3.05, 3.63) is 0 Å². The third-order valence-electron chi connectivity index (χ3n) is 2.03. The van der Waals surface area contributed by atoms with Crippen LogP contribution in [0, 0.1) is 0 Å². The van der Waals surface area contributed by atoms with Crippen molar-refractivity contribution in [3.8, 4) is 0 Å². The molecule has 1 heterocycles. The maximum absolute atomic E-state index is 11.9. The quantitative estimate of drug-likeness (QED) is 0.251. The Kier molecular flexibility index (Phi) is 7.41. The third kappa shape index (κ3) is 6.52. The SMILES string of the molecule is COOSc1nnc(S(=O)(=O)CCCCS(=O)(=O)ON)s1. The van der Waals surface area contributed by atoms with Gasteiger partial charge in [-0.25, -0.2) is 13.3 Å². The van der Waals surface area contributed by atoms with Crippen LogP contribution in [0.1, 0.15) is 12.8 Å². The van der Waals surface area contributed by atoms with E-state index in [1.54, 1.807) is 0 Å². The Labute approximate surface area is 130 Å². The lowest BCUT2D eigenvalue weighted by atomic mass is 10.4. The molecule has 0 aliphatic rings. The molecule has 0 spiro atoms. The van der Waals surface area contributed by atoms with Gasteiger partial charge in [0.05, 0.1) is 18.6 Å². The summed E-state index contributed by atoms with van der Waals surface area (Å²) in [5, 5.41) is 7.16. The highest BCUT2D eigenvalue weighted by molar-refractivity contribution is 7.97. The summed E-state index contributed by atoms with van der Waals surface area (Å²) in [6.45, 7) is 0. The predicted octanol–water partition coefficient (Wildman–Crippen LogP) is -0.103. The summed E-state index contributed by atoms with van der Waals surface area (Å²) in [5.74, 6) is 3.96. The monoisotopic (exact) mass is 379 g/mol. The molecule has 0 aliphatic heterocycles. The predicted molar refractivity (Wildman–Crippen MR) is 74.2 cm³/mol. The van der Waals surface area contributed by atoms with E-state index in [9.17, 15) is 16.8 Å². The van der Waals surface area contributed by atoms with Crippen LogP contribution < -0.4 is 5.90 Å². The number of nitrogens with zero attached hydrogens (tertiary/aromatic N) is 2. The largest absolute Gasteiger partial charge is 0.283 e. The molecule has 10 nitrogen and oxygen atoms in total. The van der Waals surface area contributed by atoms with E-state index in [4.69, 9.17) is 0 Å². The van der Waals surface area contributed by atoms with Gasteiger partial charge in [-0.2, -0.15) is 22.9 Å². The first-order valence-corrected chi connectivity index (χ1v) is 10.1. The van der Waals surface area contributed by atoms with Gasteiger partial charge in [0.15, 0.2) is 0 Å². The second-order valence-corrected chi connectivity index (χ2v) is 9.46. The molecule has 0 bridgehead atoms. The Hall–Kier alpha value is -0.350. The Morgan fingerprint density at radius 2 is 1.86 bits per heavy atom. The Morgan fingerprint density at radius 3 is 2.48 bits per heavy atom. The minimum atomic E-state index is -3.78. The smallest absolute Gasteiger partial charge is 0.227 e. The Bertz CT molecular complexity index is 641. The zero-order valence-electron chi connectivity index (χ0n) is 10.8. The van der Waals surface area contributed by atoms with Crippen molar-refractivity contribution in [2.45, 2.75) is 21.5 Å². The summed E-state index contributed by atoms with van der Waals surface area (Å²) in [7, 11) is -6.11. The van der Waals surface area contributed by atoms with E-state index in [2.05, 4.69) is 29.6 Å². The van der Waals surface area contributed by atoms with Gasteiger partial charge in [-0.1, -0.05) is 11.3 Å². The molecule has 21 heavy (non-hydrogen) atoms. The molecule has 0 aromatic carbocycles. The maximum atomic E-state index is 11.9. The summed E-state index contributed by atoms with van der Waals surface area (Å²) in [6.07, 6.45) is 0.230. The van der Waals surface area contributed by atoms with Crippen LogP contribution >= 0.6 is 23.4 Å². The molecule has 2 N–H and O–H groups in total. The fourth-order valence-corrected chi connectivity index (χ4v) is 4.83. The first kappa shape index (κ1) is 18.7. The lowest BCUT2D eigenvalue weighted by Gasteiger charge is -2.01. The zero-order chi connectivity index (χ0) is 15.9. The minimum Gasteiger partial charge on any atom is -0.227 e. The zero-order valence-corrected chi connectivity index (χ0v) is 14.1. The summed E-state index contributed by atoms with van der Waals surface area (Å²) in [6, 6.07) is 0. The average Bonchev–Trinajstić information content (AvgIpc) is 2.91. The molecule has 0 amide bonds. The molecule has 0 aliphatic carbocycles. The second-order valence-electron chi connectivity index (χ2n) is 3.54. The van der Waals surface area contributed by atoms with Gasteiger partial charge in [0.25, 0.3) is 10.1 Å². The highest BCUT2D eigenvalue weighted by Crippen LogP contribution is 2.26. The molecule has 1 aromatic heterocycles. The van der Waals surface area contributed by atoms with Crippen LogP contribution in [0.25, 0.3) is 0 Å². The van der Waals surface area contributed by atoms with Crippen molar-refractivity contribution < 1.29 is 30.3 Å². The number of hydrogen-bond acceptors (Lipinski definition) is 12. The van der Waals surface area contributed by atoms with Crippen LogP contribution in [-0.4, -0.2) is 45.6 Å². The van der Waals surface area contributed by atoms with Crippen molar-refractivity contribution in [1.29, 1.82) is 0 Å². The summed E-state index contributed by atoms with van der Waals surface area (Å²) in [4.78, 5) is 4.34. The van der Waals surface area contributed by atoms with E-state index in [-0.39, 0.29) is 33.0 Å². The fraction of sp³-hybridized carbons (Fsp3) is 0.714. The number of unbranched alkanes of at least 4 members (excludes halogenated alkanes) is 1. The molecule has 14 heteroatoms. The molecule has 0 atom stereocenters. The highest BCUT2D eigenvalue weighted by Gasteiger charge is 2.21. The standard InChI is InChI=1S/C7H13N3O7S4/c1-15-17-19-6-9-10-7(18-6)20(11,12)4-2-3-5-21(13,14)16-8/h2-5,8H2,1H3. The van der Waals surface area contributed by atoms with Gasteiger partial charge in [0, 0.05) is 0 Å². The van der Waals surface area contributed by atoms with Crippen molar-refractivity contribution >= 4 is 43.3 Å². The van der Waals surface area contributed by atoms with Gasteiger partial charge < -0.3 is 0 Å². The average molecular weight is 379 g/mol. The van der Waals surface area contributed by atoms with E-state index in [0.29, 0.717) is 0 Å². The molecule has 122 valence electrons. The number of hydrogen-bond donors (Lipinski definition) is 1. The van der Waals surface area contributed by atoms with Crippen molar-refractivity contribution in [2.75, 3.05) is 18.6 Å². The van der Waals surface area contributed by atoms with Crippen LogP contribution in [0.5, 0.6) is 0 Å². The van der Waals surface area contributed by atoms with Crippen molar-refractivity contribution in [2.24, 2.45) is 5.90 Å². The van der Waals surface area contributed by atoms with E-state index < -0.39 is 20.0 Å². The number of rotatable bonds is 10. The normalized spacial score (nSPS) is 12.7. The van der Waals surface area contributed by atoms with Crippen LogP contribution in [0.3, 0.4) is 0 Å². The van der Waals surface area contributed by atoms with Crippen LogP contribution in [-0.2, 0) is 33.5 Å². The lowest BCUT2D eigenvalue weighted by Crippen LogP contribution is -2.16. The van der Waals surface area contributed by atoms with E-state index in [0.717, 1.165) is 23.4 Å². The number of nitrogens with two attached hydrogens (primary N) is 1. The highest BCUT2D eigenvalue weighted by atomic mass is 32.2. The van der Waals surface area contributed by atoms with E-state index in [1.165, 1.54) is 7.11 Å². The van der Waals surface area contributed by atoms with Crippen molar-refractivity contribution in [1.82, 2.24) is 10.2 Å². The van der Waals surface area contributed by atoms with Crippen LogP contribution in [0.4, 0.5) is 0 Å². The Balaban J connectivity index is 2.52. The van der Waals surface area contributed by atoms with Crippen LogP contribution in [0.15, 0.2) is 8.68 Å². The van der Waals surface area contributed by atoms with E-state index >= 15 is 0 Å². The molecule has 1 rings (SSSR count). The lowest BCUT2D eigenvalue weighted by molar-refractivity contribution is -0.160. The number of sulfone groups is 1. The van der Waals surface area contributed by atoms with Crippen molar-refractivity contribution in [3.63, 3.8) is 0 Å². The molecule has 1 aromatic rings. The molecule has 0 saturated heterocycles. The van der Waals surface area contributed by atoms with Gasteiger partial charge in [0.2, 0.25) is 18.5 Å². The molecular formula is C7H13N3O7S4. The third-order valence-corrected chi connectivity index (χ3v) is 6.96. The molecule has 0 unspecified atom stereocenters. The second kappa shape index (κ2) is 8.33. The molecule has 0 radical (unpaired) electrons. The van der Waals surface area contributed by atoms with Gasteiger partial charge >= 0.3 is 0 Å².